The third-order valence-electron chi connectivity index (χ3n) is 5.58. The van der Waals surface area contributed by atoms with E-state index >= 15 is 0 Å². The number of halogens is 1. The normalized spacial score (nSPS) is 26.2. The molecule has 1 aromatic heterocycles. The predicted molar refractivity (Wildman–Crippen MR) is 100 cm³/mol. The van der Waals surface area contributed by atoms with Crippen LogP contribution in [0.15, 0.2) is 16.5 Å². The molecule has 7 heteroatoms. The number of nitrogens with two attached hydrogens (primary N) is 1. The number of benzene rings is 1. The Hall–Kier alpha value is -1.79. The molecule has 0 radical (unpaired) electrons. The highest BCUT2D eigenvalue weighted by Gasteiger charge is 2.36. The zero-order valence-corrected chi connectivity index (χ0v) is 15.4. The molecule has 2 atom stereocenters. The van der Waals surface area contributed by atoms with E-state index in [2.05, 4.69) is 22.2 Å². The minimum absolute atomic E-state index is 0. The Balaban J connectivity index is 0.00000182. The molecule has 3 N–H and O–H groups in total. The number of carbonyl (C=O) groups excluding carboxylic acids is 1. The Kier molecular flexibility index (Phi) is 4.93. The van der Waals surface area contributed by atoms with E-state index in [1.54, 1.807) is 0 Å². The lowest BCUT2D eigenvalue weighted by molar-refractivity contribution is 0.0463. The van der Waals surface area contributed by atoms with E-state index in [0.29, 0.717) is 28.7 Å². The fourth-order valence-electron chi connectivity index (χ4n) is 4.35. The molecule has 2 bridgehead atoms. The van der Waals surface area contributed by atoms with E-state index in [0.717, 1.165) is 18.4 Å². The van der Waals surface area contributed by atoms with Gasteiger partial charge in [0.15, 0.2) is 5.58 Å². The highest BCUT2D eigenvalue weighted by atomic mass is 35.5. The summed E-state index contributed by atoms with van der Waals surface area (Å²) in [4.78, 5) is 19.5. The van der Waals surface area contributed by atoms with Crippen LogP contribution < -0.4 is 11.1 Å². The van der Waals surface area contributed by atoms with Gasteiger partial charge in [-0.3, -0.25) is 4.79 Å². The van der Waals surface area contributed by atoms with E-state index in [-0.39, 0.29) is 30.4 Å². The molecule has 0 spiro atoms. The summed E-state index contributed by atoms with van der Waals surface area (Å²) in [5, 5.41) is 3.22. The summed E-state index contributed by atoms with van der Waals surface area (Å²) in [7, 11) is 2.22. The van der Waals surface area contributed by atoms with Crippen LogP contribution in [0.4, 0.5) is 6.01 Å². The van der Waals surface area contributed by atoms with Gasteiger partial charge in [0.25, 0.3) is 11.9 Å². The Bertz CT molecular complexity index is 777. The van der Waals surface area contributed by atoms with Gasteiger partial charge in [-0.15, -0.1) is 12.4 Å². The maximum atomic E-state index is 12.8. The van der Waals surface area contributed by atoms with Crippen LogP contribution in [0.5, 0.6) is 0 Å². The van der Waals surface area contributed by atoms with E-state index < -0.39 is 0 Å². The fourth-order valence-corrected chi connectivity index (χ4v) is 4.35. The summed E-state index contributed by atoms with van der Waals surface area (Å²) in [6.07, 6.45) is 5.81. The first-order chi connectivity index (χ1) is 11.5. The maximum Gasteiger partial charge on any atom is 0.293 e. The number of fused-ring (bicyclic) bond motifs is 3. The molecule has 4 rings (SSSR count). The zero-order valence-electron chi connectivity index (χ0n) is 14.6. The Morgan fingerprint density at radius 1 is 1.32 bits per heavy atom. The first-order valence-electron chi connectivity index (χ1n) is 8.70. The number of hydrogen-bond acceptors (Lipinski definition) is 5. The van der Waals surface area contributed by atoms with Crippen molar-refractivity contribution in [1.29, 1.82) is 0 Å². The SMILES string of the molecule is Cc1cc(C(=O)NC2CC3CCCC(C2)N3C)c2nc(N)oc2c1.Cl. The van der Waals surface area contributed by atoms with Crippen molar-refractivity contribution in [2.24, 2.45) is 0 Å². The molecule has 1 aromatic carbocycles. The molecule has 25 heavy (non-hydrogen) atoms. The lowest BCUT2D eigenvalue weighted by Gasteiger charge is -2.47. The second kappa shape index (κ2) is 6.84. The van der Waals surface area contributed by atoms with Gasteiger partial charge in [0.1, 0.15) is 5.52 Å². The Labute approximate surface area is 153 Å². The van der Waals surface area contributed by atoms with Crippen LogP contribution in [0.2, 0.25) is 0 Å². The number of nitrogens with one attached hydrogen (secondary N) is 1. The molecule has 0 saturated carbocycles. The molecular weight excluding hydrogens is 340 g/mol. The largest absolute Gasteiger partial charge is 0.424 e. The van der Waals surface area contributed by atoms with Crippen LogP contribution >= 0.6 is 12.4 Å². The van der Waals surface area contributed by atoms with E-state index in [1.165, 1.54) is 19.3 Å². The Morgan fingerprint density at radius 2 is 2.00 bits per heavy atom. The molecule has 2 aromatic rings. The number of aryl methyl sites for hydroxylation is 1. The van der Waals surface area contributed by atoms with Gasteiger partial charge in [0.2, 0.25) is 0 Å². The number of piperidine rings is 2. The predicted octanol–water partition coefficient (Wildman–Crippen LogP) is 2.89. The molecule has 1 amide bonds. The van der Waals surface area contributed by atoms with Crippen molar-refractivity contribution in [3.8, 4) is 0 Å². The molecule has 2 saturated heterocycles. The number of anilines is 1. The van der Waals surface area contributed by atoms with Crippen molar-refractivity contribution < 1.29 is 9.21 Å². The average molecular weight is 365 g/mol. The van der Waals surface area contributed by atoms with E-state index in [9.17, 15) is 4.79 Å². The van der Waals surface area contributed by atoms with Gasteiger partial charge in [0, 0.05) is 18.1 Å². The molecule has 2 aliphatic heterocycles. The number of amides is 1. The van der Waals surface area contributed by atoms with Crippen molar-refractivity contribution >= 4 is 35.4 Å². The summed E-state index contributed by atoms with van der Waals surface area (Å²) in [5.41, 5.74) is 8.28. The summed E-state index contributed by atoms with van der Waals surface area (Å²) in [5.74, 6) is -0.0790. The third-order valence-corrected chi connectivity index (χ3v) is 5.58. The first kappa shape index (κ1) is 18.0. The number of rotatable bonds is 2. The third kappa shape index (κ3) is 3.33. The molecule has 2 unspecified atom stereocenters. The number of carbonyl (C=O) groups is 1. The van der Waals surface area contributed by atoms with Crippen molar-refractivity contribution in [3.63, 3.8) is 0 Å². The number of nitrogens with zero attached hydrogens (tertiary/aromatic N) is 2. The maximum absolute atomic E-state index is 12.8. The molecule has 2 fully saturated rings. The zero-order chi connectivity index (χ0) is 16.8. The van der Waals surface area contributed by atoms with Gasteiger partial charge in [-0.1, -0.05) is 6.42 Å². The summed E-state index contributed by atoms with van der Waals surface area (Å²) < 4.78 is 5.38. The van der Waals surface area contributed by atoms with Gasteiger partial charge >= 0.3 is 0 Å². The summed E-state index contributed by atoms with van der Waals surface area (Å²) in [6, 6.07) is 5.21. The van der Waals surface area contributed by atoms with Crippen molar-refractivity contribution in [2.45, 2.75) is 57.2 Å². The lowest BCUT2D eigenvalue weighted by Crippen LogP contribution is -2.55. The highest BCUT2D eigenvalue weighted by Crippen LogP contribution is 2.33. The molecule has 0 aliphatic carbocycles. The lowest BCUT2D eigenvalue weighted by atomic mass is 9.82. The molecule has 3 heterocycles. The second-order valence-corrected chi connectivity index (χ2v) is 7.26. The van der Waals surface area contributed by atoms with Crippen LogP contribution in [0.3, 0.4) is 0 Å². The van der Waals surface area contributed by atoms with Gasteiger partial charge in [0.05, 0.1) is 5.56 Å². The van der Waals surface area contributed by atoms with Crippen LogP contribution in [0, 0.1) is 6.92 Å². The van der Waals surface area contributed by atoms with E-state index in [1.807, 2.05) is 19.1 Å². The first-order valence-corrected chi connectivity index (χ1v) is 8.70. The molecule has 136 valence electrons. The second-order valence-electron chi connectivity index (χ2n) is 7.26. The highest BCUT2D eigenvalue weighted by molar-refractivity contribution is 6.05. The average Bonchev–Trinajstić information content (AvgIpc) is 2.87. The number of hydrogen-bond donors (Lipinski definition) is 2. The minimum atomic E-state index is -0.0790. The molecule has 6 nitrogen and oxygen atoms in total. The van der Waals surface area contributed by atoms with Gasteiger partial charge < -0.3 is 20.4 Å². The fraction of sp³-hybridized carbons (Fsp3) is 0.556. The number of oxazole rings is 1. The topological polar surface area (TPSA) is 84.4 Å². The van der Waals surface area contributed by atoms with Crippen molar-refractivity contribution in [2.75, 3.05) is 12.8 Å². The van der Waals surface area contributed by atoms with Crippen molar-refractivity contribution in [3.05, 3.63) is 23.3 Å². The molecular formula is C18H25ClN4O2. The smallest absolute Gasteiger partial charge is 0.293 e. The standard InChI is InChI=1S/C18H24N4O2.ClH/c1-10-6-14(16-15(7-10)24-18(19)21-16)17(23)20-11-8-12-4-3-5-13(9-11)22(12)2;/h6-7,11-13H,3-5,8-9H2,1-2H3,(H2,19,21)(H,20,23);1H. The van der Waals surface area contributed by atoms with Gasteiger partial charge in [-0.25, -0.2) is 0 Å². The minimum Gasteiger partial charge on any atom is -0.424 e. The van der Waals surface area contributed by atoms with Crippen LogP contribution in [0.1, 0.15) is 48.0 Å². The monoisotopic (exact) mass is 364 g/mol. The van der Waals surface area contributed by atoms with Crippen LogP contribution in [-0.4, -0.2) is 41.0 Å². The summed E-state index contributed by atoms with van der Waals surface area (Å²) >= 11 is 0. The van der Waals surface area contributed by atoms with Gasteiger partial charge in [-0.2, -0.15) is 4.98 Å². The Morgan fingerprint density at radius 3 is 2.68 bits per heavy atom. The van der Waals surface area contributed by atoms with Crippen molar-refractivity contribution in [1.82, 2.24) is 15.2 Å². The number of aromatic nitrogens is 1. The summed E-state index contributed by atoms with van der Waals surface area (Å²) in [6.45, 7) is 1.94. The quantitative estimate of drug-likeness (QED) is 0.855. The van der Waals surface area contributed by atoms with E-state index in [4.69, 9.17) is 10.2 Å². The van der Waals surface area contributed by atoms with Gasteiger partial charge in [-0.05, 0) is 57.4 Å². The van der Waals surface area contributed by atoms with Crippen LogP contribution in [-0.2, 0) is 0 Å². The number of nitrogen functional groups attached to an aromatic ring is 1. The molecule has 2 aliphatic rings. The van der Waals surface area contributed by atoms with Crippen LogP contribution in [0.25, 0.3) is 11.1 Å².